The smallest absolute Gasteiger partial charge is 0.240 e. The van der Waals surface area contributed by atoms with Crippen LogP contribution in [0.25, 0.3) is 0 Å². The molecule has 3 N–H and O–H groups in total. The summed E-state index contributed by atoms with van der Waals surface area (Å²) in [6.07, 6.45) is 2.90. The van der Waals surface area contributed by atoms with E-state index in [0.717, 1.165) is 19.3 Å². The minimum Gasteiger partial charge on any atom is -0.492 e. The third kappa shape index (κ3) is 5.48. The summed E-state index contributed by atoms with van der Waals surface area (Å²) < 4.78 is 32.3. The molecule has 0 saturated carbocycles. The van der Waals surface area contributed by atoms with Gasteiger partial charge in [0.1, 0.15) is 12.4 Å². The maximum atomic E-state index is 12.2. The van der Waals surface area contributed by atoms with Gasteiger partial charge in [-0.15, -0.1) is 0 Å². The van der Waals surface area contributed by atoms with E-state index in [1.54, 1.807) is 24.3 Å². The zero-order chi connectivity index (χ0) is 15.0. The van der Waals surface area contributed by atoms with E-state index in [1.807, 2.05) is 6.92 Å². The Bertz CT molecular complexity index is 486. The highest BCUT2D eigenvalue weighted by Gasteiger charge is 2.16. The topological polar surface area (TPSA) is 81.4 Å². The maximum absolute atomic E-state index is 12.2. The van der Waals surface area contributed by atoms with E-state index in [9.17, 15) is 8.42 Å². The van der Waals surface area contributed by atoms with Gasteiger partial charge in [-0.3, -0.25) is 0 Å². The summed E-state index contributed by atoms with van der Waals surface area (Å²) in [4.78, 5) is 0.251. The molecule has 0 aromatic heterocycles. The van der Waals surface area contributed by atoms with Crippen molar-refractivity contribution in [3.63, 3.8) is 0 Å². The van der Waals surface area contributed by atoms with Crippen molar-refractivity contribution in [1.82, 2.24) is 4.72 Å². The maximum Gasteiger partial charge on any atom is 0.240 e. The standard InChI is InChI=1S/C14H24N2O3S/c1-3-4-5-12(2)16-20(17,18)14-8-6-13(7-9-14)19-11-10-15/h6-9,12,16H,3-5,10-11,15H2,1-2H3. The fourth-order valence-electron chi connectivity index (χ4n) is 1.79. The van der Waals surface area contributed by atoms with Crippen LogP contribution in [0.15, 0.2) is 29.2 Å². The number of unbranched alkanes of at least 4 members (excludes halogenated alkanes) is 1. The summed E-state index contributed by atoms with van der Waals surface area (Å²) in [6, 6.07) is 6.30. The van der Waals surface area contributed by atoms with Gasteiger partial charge in [-0.1, -0.05) is 19.8 Å². The van der Waals surface area contributed by atoms with E-state index in [2.05, 4.69) is 11.6 Å². The van der Waals surface area contributed by atoms with E-state index < -0.39 is 10.0 Å². The quantitative estimate of drug-likeness (QED) is 0.729. The fraction of sp³-hybridized carbons (Fsp3) is 0.571. The molecule has 0 heterocycles. The first-order chi connectivity index (χ1) is 9.49. The van der Waals surface area contributed by atoms with Crippen LogP contribution >= 0.6 is 0 Å². The van der Waals surface area contributed by atoms with Gasteiger partial charge in [-0.25, -0.2) is 13.1 Å². The molecule has 1 unspecified atom stereocenters. The van der Waals surface area contributed by atoms with Crippen LogP contribution in [0, 0.1) is 0 Å². The number of nitrogens with one attached hydrogen (secondary N) is 1. The van der Waals surface area contributed by atoms with E-state index in [0.29, 0.717) is 18.9 Å². The average Bonchev–Trinajstić information content (AvgIpc) is 2.43. The molecule has 0 aliphatic carbocycles. The Morgan fingerprint density at radius 1 is 1.30 bits per heavy atom. The Morgan fingerprint density at radius 2 is 1.95 bits per heavy atom. The molecule has 0 spiro atoms. The lowest BCUT2D eigenvalue weighted by molar-refractivity contribution is 0.328. The minimum atomic E-state index is -3.46. The summed E-state index contributed by atoms with van der Waals surface area (Å²) in [5.74, 6) is 0.619. The molecule has 6 heteroatoms. The van der Waals surface area contributed by atoms with E-state index in [-0.39, 0.29) is 10.9 Å². The molecular weight excluding hydrogens is 276 g/mol. The Morgan fingerprint density at radius 3 is 2.50 bits per heavy atom. The first-order valence-corrected chi connectivity index (χ1v) is 8.43. The summed E-state index contributed by atoms with van der Waals surface area (Å²) in [5.41, 5.74) is 5.34. The first kappa shape index (κ1) is 16.9. The summed E-state index contributed by atoms with van der Waals surface area (Å²) in [7, 11) is -3.46. The number of sulfonamides is 1. The first-order valence-electron chi connectivity index (χ1n) is 6.95. The third-order valence-electron chi connectivity index (χ3n) is 2.87. The van der Waals surface area contributed by atoms with Crippen LogP contribution in [0.5, 0.6) is 5.75 Å². The van der Waals surface area contributed by atoms with Crippen molar-refractivity contribution in [2.75, 3.05) is 13.2 Å². The molecule has 0 saturated heterocycles. The number of nitrogens with two attached hydrogens (primary N) is 1. The van der Waals surface area contributed by atoms with Gasteiger partial charge >= 0.3 is 0 Å². The second-order valence-electron chi connectivity index (χ2n) is 4.77. The van der Waals surface area contributed by atoms with Crippen molar-refractivity contribution >= 4 is 10.0 Å². The predicted octanol–water partition coefficient (Wildman–Crippen LogP) is 1.88. The summed E-state index contributed by atoms with van der Waals surface area (Å²) in [6.45, 7) is 4.81. The van der Waals surface area contributed by atoms with Gasteiger partial charge in [0.15, 0.2) is 0 Å². The van der Waals surface area contributed by atoms with Crippen molar-refractivity contribution in [1.29, 1.82) is 0 Å². The number of hydrogen-bond donors (Lipinski definition) is 2. The third-order valence-corrected chi connectivity index (χ3v) is 4.47. The molecule has 0 radical (unpaired) electrons. The Kier molecular flexibility index (Phi) is 6.98. The largest absolute Gasteiger partial charge is 0.492 e. The van der Waals surface area contributed by atoms with Crippen molar-refractivity contribution in [3.05, 3.63) is 24.3 Å². The van der Waals surface area contributed by atoms with Crippen molar-refractivity contribution in [2.24, 2.45) is 5.73 Å². The van der Waals surface area contributed by atoms with Crippen LogP contribution in [0.3, 0.4) is 0 Å². The lowest BCUT2D eigenvalue weighted by Crippen LogP contribution is -2.32. The zero-order valence-corrected chi connectivity index (χ0v) is 12.9. The molecule has 1 aromatic rings. The molecular formula is C14H24N2O3S. The lowest BCUT2D eigenvalue weighted by atomic mass is 10.2. The van der Waals surface area contributed by atoms with Crippen molar-refractivity contribution < 1.29 is 13.2 Å². The number of benzene rings is 1. The van der Waals surface area contributed by atoms with Gasteiger partial charge in [0.2, 0.25) is 10.0 Å². The van der Waals surface area contributed by atoms with Crippen LogP contribution in [0.1, 0.15) is 33.1 Å². The van der Waals surface area contributed by atoms with Crippen LogP contribution < -0.4 is 15.2 Å². The molecule has 114 valence electrons. The average molecular weight is 300 g/mol. The molecule has 0 bridgehead atoms. The van der Waals surface area contributed by atoms with Gasteiger partial charge in [-0.05, 0) is 37.6 Å². The molecule has 0 amide bonds. The van der Waals surface area contributed by atoms with E-state index in [4.69, 9.17) is 10.5 Å². The zero-order valence-electron chi connectivity index (χ0n) is 12.1. The van der Waals surface area contributed by atoms with E-state index >= 15 is 0 Å². The second-order valence-corrected chi connectivity index (χ2v) is 6.49. The van der Waals surface area contributed by atoms with Gasteiger partial charge in [0.05, 0.1) is 4.90 Å². The van der Waals surface area contributed by atoms with Crippen LogP contribution in [0.2, 0.25) is 0 Å². The van der Waals surface area contributed by atoms with Crippen molar-refractivity contribution in [3.8, 4) is 5.75 Å². The fourth-order valence-corrected chi connectivity index (χ4v) is 3.07. The molecule has 5 nitrogen and oxygen atoms in total. The Labute approximate surface area is 121 Å². The Hall–Kier alpha value is -1.11. The molecule has 0 fully saturated rings. The van der Waals surface area contributed by atoms with Gasteiger partial charge < -0.3 is 10.5 Å². The van der Waals surface area contributed by atoms with Gasteiger partial charge in [-0.2, -0.15) is 0 Å². The Balaban J connectivity index is 2.67. The lowest BCUT2D eigenvalue weighted by Gasteiger charge is -2.14. The highest BCUT2D eigenvalue weighted by molar-refractivity contribution is 7.89. The highest BCUT2D eigenvalue weighted by atomic mass is 32.2. The minimum absolute atomic E-state index is 0.0619. The summed E-state index contributed by atoms with van der Waals surface area (Å²) in [5, 5.41) is 0. The number of rotatable bonds is 9. The second kappa shape index (κ2) is 8.24. The molecule has 20 heavy (non-hydrogen) atoms. The molecule has 1 aromatic carbocycles. The monoisotopic (exact) mass is 300 g/mol. The number of hydrogen-bond acceptors (Lipinski definition) is 4. The molecule has 0 aliphatic heterocycles. The SMILES string of the molecule is CCCCC(C)NS(=O)(=O)c1ccc(OCCN)cc1. The summed E-state index contributed by atoms with van der Waals surface area (Å²) >= 11 is 0. The van der Waals surface area contributed by atoms with Crippen LogP contribution in [0.4, 0.5) is 0 Å². The van der Waals surface area contributed by atoms with Gasteiger partial charge in [0.25, 0.3) is 0 Å². The highest BCUT2D eigenvalue weighted by Crippen LogP contribution is 2.16. The molecule has 1 rings (SSSR count). The molecule has 0 aliphatic rings. The number of ether oxygens (including phenoxy) is 1. The van der Waals surface area contributed by atoms with Gasteiger partial charge in [0, 0.05) is 12.6 Å². The van der Waals surface area contributed by atoms with Crippen LogP contribution in [-0.2, 0) is 10.0 Å². The van der Waals surface area contributed by atoms with E-state index in [1.165, 1.54) is 0 Å². The normalized spacial score (nSPS) is 13.2. The molecule has 1 atom stereocenters. The van der Waals surface area contributed by atoms with Crippen LogP contribution in [-0.4, -0.2) is 27.6 Å². The predicted molar refractivity (Wildman–Crippen MR) is 80.3 cm³/mol. The van der Waals surface area contributed by atoms with Crippen molar-refractivity contribution in [2.45, 2.75) is 44.0 Å².